The maximum Gasteiger partial charge on any atom is 0.102 e. The highest BCUT2D eigenvalue weighted by molar-refractivity contribution is 5.84. The summed E-state index contributed by atoms with van der Waals surface area (Å²) in [7, 11) is 3.92. The minimum atomic E-state index is -0.990. The van der Waals surface area contributed by atoms with E-state index in [-0.39, 0.29) is 23.3 Å². The Hall–Kier alpha value is -1.90. The zero-order valence-electron chi connectivity index (χ0n) is 21.4. The third-order valence-electron chi connectivity index (χ3n) is 11.1. The predicted molar refractivity (Wildman–Crippen MR) is 136 cm³/mol. The van der Waals surface area contributed by atoms with E-state index >= 15 is 0 Å². The summed E-state index contributed by atoms with van der Waals surface area (Å²) in [5.74, 6) is -0.0729. The van der Waals surface area contributed by atoms with Crippen molar-refractivity contribution in [3.63, 3.8) is 0 Å². The predicted octanol–water partition coefficient (Wildman–Crippen LogP) is 2.93. The van der Waals surface area contributed by atoms with Crippen LogP contribution >= 0.6 is 0 Å². The summed E-state index contributed by atoms with van der Waals surface area (Å²) >= 11 is 0. The summed E-state index contributed by atoms with van der Waals surface area (Å²) in [6, 6.07) is 8.27. The van der Waals surface area contributed by atoms with Crippen LogP contribution in [-0.2, 0) is 4.74 Å². The van der Waals surface area contributed by atoms with Gasteiger partial charge in [0.15, 0.2) is 0 Å². The molecule has 36 heavy (non-hydrogen) atoms. The van der Waals surface area contributed by atoms with E-state index in [1.165, 1.54) is 11.1 Å². The lowest BCUT2D eigenvalue weighted by Crippen LogP contribution is -2.73. The van der Waals surface area contributed by atoms with Gasteiger partial charge in [0.1, 0.15) is 5.60 Å². The molecule has 192 valence electrons. The number of hydrogen-bond donors (Lipinski definition) is 3. The lowest BCUT2D eigenvalue weighted by atomic mass is 9.51. The molecule has 7 rings (SSSR count). The maximum absolute atomic E-state index is 12.3. The molecule has 9 atom stereocenters. The molecule has 9 unspecified atom stereocenters. The van der Waals surface area contributed by atoms with Crippen molar-refractivity contribution >= 4 is 16.5 Å². The van der Waals surface area contributed by atoms with Crippen molar-refractivity contribution in [2.45, 2.75) is 86.9 Å². The zero-order chi connectivity index (χ0) is 25.1. The van der Waals surface area contributed by atoms with Crippen LogP contribution in [0.15, 0.2) is 36.5 Å². The zero-order valence-corrected chi connectivity index (χ0v) is 21.4. The molecule has 3 aliphatic carbocycles. The normalized spacial score (nSPS) is 47.4. The Morgan fingerprint density at radius 1 is 1.03 bits per heavy atom. The van der Waals surface area contributed by atoms with Crippen LogP contribution in [0.5, 0.6) is 0 Å². The number of ether oxygens (including phenoxy) is 1. The summed E-state index contributed by atoms with van der Waals surface area (Å²) in [4.78, 5) is 2.01. The molecule has 7 heteroatoms. The van der Waals surface area contributed by atoms with Gasteiger partial charge in [-0.25, -0.2) is 0 Å². The molecule has 4 fully saturated rings. The smallest absolute Gasteiger partial charge is 0.102 e. The molecule has 5 aliphatic rings. The van der Waals surface area contributed by atoms with Crippen LogP contribution in [0.2, 0.25) is 0 Å². The molecular formula is C29H37N3O4. The Kier molecular flexibility index (Phi) is 4.75. The molecule has 2 spiro atoms. The number of aliphatic hydroxyl groups is 3. The Labute approximate surface area is 212 Å². The molecule has 0 radical (unpaired) electrons. The number of benzene rings is 1. The van der Waals surface area contributed by atoms with Gasteiger partial charge in [0.25, 0.3) is 0 Å². The molecule has 1 aromatic heterocycles. The first-order valence-corrected chi connectivity index (χ1v) is 13.5. The SMILES string of the molecule is CN(C)C1CC23CCC4(O2)C2CC=C(c5ccc6nnccc6c5)C2(C)CCC4(O)CC3C(O)C1O. The first-order chi connectivity index (χ1) is 17.1. The van der Waals surface area contributed by atoms with Crippen molar-refractivity contribution in [2.24, 2.45) is 17.3 Å². The fourth-order valence-corrected chi connectivity index (χ4v) is 9.21. The number of likely N-dealkylation sites (N-methyl/N-ethyl adjacent to an activating group) is 1. The van der Waals surface area contributed by atoms with Crippen molar-refractivity contribution in [1.82, 2.24) is 15.1 Å². The molecular weight excluding hydrogens is 454 g/mol. The third kappa shape index (κ3) is 2.76. The van der Waals surface area contributed by atoms with Crippen LogP contribution in [-0.4, -0.2) is 79.6 Å². The number of rotatable bonds is 2. The van der Waals surface area contributed by atoms with Gasteiger partial charge >= 0.3 is 0 Å². The first-order valence-electron chi connectivity index (χ1n) is 13.5. The van der Waals surface area contributed by atoms with Gasteiger partial charge in [0.2, 0.25) is 0 Å². The van der Waals surface area contributed by atoms with E-state index in [1.54, 1.807) is 6.20 Å². The van der Waals surface area contributed by atoms with Gasteiger partial charge in [0, 0.05) is 23.3 Å². The van der Waals surface area contributed by atoms with E-state index in [4.69, 9.17) is 4.74 Å². The second-order valence-corrected chi connectivity index (χ2v) is 12.7. The highest BCUT2D eigenvalue weighted by atomic mass is 16.6. The van der Waals surface area contributed by atoms with Gasteiger partial charge in [-0.3, -0.25) is 0 Å². The molecule has 2 saturated heterocycles. The fourth-order valence-electron chi connectivity index (χ4n) is 9.21. The van der Waals surface area contributed by atoms with Gasteiger partial charge in [-0.05, 0) is 93.8 Å². The van der Waals surface area contributed by atoms with Crippen LogP contribution in [0, 0.1) is 17.3 Å². The van der Waals surface area contributed by atoms with Gasteiger partial charge in [-0.15, -0.1) is 0 Å². The lowest BCUT2D eigenvalue weighted by Gasteiger charge is -2.65. The minimum absolute atomic E-state index is 0.105. The van der Waals surface area contributed by atoms with E-state index in [0.717, 1.165) is 36.6 Å². The highest BCUT2D eigenvalue weighted by Gasteiger charge is 2.76. The van der Waals surface area contributed by atoms with E-state index < -0.39 is 29.0 Å². The quantitative estimate of drug-likeness (QED) is 0.594. The third-order valence-corrected chi connectivity index (χ3v) is 11.1. The second kappa shape index (κ2) is 7.35. The van der Waals surface area contributed by atoms with E-state index in [0.29, 0.717) is 19.3 Å². The summed E-state index contributed by atoms with van der Waals surface area (Å²) < 4.78 is 7.22. The van der Waals surface area contributed by atoms with E-state index in [9.17, 15) is 15.3 Å². The number of fused-ring (bicyclic) bond motifs is 2. The maximum atomic E-state index is 12.3. The van der Waals surface area contributed by atoms with Crippen molar-refractivity contribution in [2.75, 3.05) is 14.1 Å². The van der Waals surface area contributed by atoms with E-state index in [2.05, 4.69) is 41.4 Å². The Morgan fingerprint density at radius 3 is 2.67 bits per heavy atom. The van der Waals surface area contributed by atoms with Crippen LogP contribution in [0.25, 0.3) is 16.5 Å². The molecule has 3 heterocycles. The highest BCUT2D eigenvalue weighted by Crippen LogP contribution is 2.71. The van der Waals surface area contributed by atoms with Crippen molar-refractivity contribution < 1.29 is 20.1 Å². The van der Waals surface area contributed by atoms with Gasteiger partial charge in [0.05, 0.1) is 35.1 Å². The standard InChI is InChI=1S/C29H37N3O4/c1-26-9-11-28(35)15-20-24(33)25(34)22(32(2)3)16-27(20)10-12-29(28,36-27)23(26)7-5-19(26)17-4-6-21-18(14-17)8-13-30-31-21/h4-6,8,13-14,20,22-25,33-35H,7,9-12,15-16H2,1-3H3. The van der Waals surface area contributed by atoms with Gasteiger partial charge in [-0.2, -0.15) is 10.2 Å². The number of hydrogen-bond acceptors (Lipinski definition) is 7. The van der Waals surface area contributed by atoms with Crippen LogP contribution in [0.1, 0.15) is 57.4 Å². The Balaban J connectivity index is 1.27. The largest absolute Gasteiger partial charge is 0.390 e. The number of allylic oxidation sites excluding steroid dienone is 2. The fraction of sp³-hybridized carbons (Fsp3) is 0.655. The molecule has 3 N–H and O–H groups in total. The average Bonchev–Trinajstić information content (AvgIpc) is 3.39. The van der Waals surface area contributed by atoms with Crippen molar-refractivity contribution in [3.05, 3.63) is 42.1 Å². The monoisotopic (exact) mass is 491 g/mol. The Bertz CT molecular complexity index is 1270. The minimum Gasteiger partial charge on any atom is -0.390 e. The van der Waals surface area contributed by atoms with Crippen LogP contribution in [0.4, 0.5) is 0 Å². The summed E-state index contributed by atoms with van der Waals surface area (Å²) in [6.45, 7) is 2.36. The number of nitrogens with zero attached hydrogens (tertiary/aromatic N) is 3. The molecule has 2 bridgehead atoms. The molecule has 1 aromatic carbocycles. The molecule has 0 amide bonds. The Morgan fingerprint density at radius 2 is 1.86 bits per heavy atom. The van der Waals surface area contributed by atoms with E-state index in [1.807, 2.05) is 25.1 Å². The van der Waals surface area contributed by atoms with Crippen molar-refractivity contribution in [1.29, 1.82) is 0 Å². The molecule has 7 nitrogen and oxygen atoms in total. The number of aromatic nitrogens is 2. The lowest BCUT2D eigenvalue weighted by molar-refractivity contribution is -0.331. The molecule has 2 aromatic rings. The van der Waals surface area contributed by atoms with Crippen LogP contribution < -0.4 is 0 Å². The van der Waals surface area contributed by atoms with Crippen molar-refractivity contribution in [3.8, 4) is 0 Å². The van der Waals surface area contributed by atoms with Crippen LogP contribution in [0.3, 0.4) is 0 Å². The molecule has 2 aliphatic heterocycles. The summed E-state index contributed by atoms with van der Waals surface area (Å²) in [6.07, 6.45) is 7.60. The number of aliphatic hydroxyl groups excluding tert-OH is 2. The second-order valence-electron chi connectivity index (χ2n) is 12.7. The topological polar surface area (TPSA) is 98.9 Å². The average molecular weight is 492 g/mol. The van der Waals surface area contributed by atoms with Gasteiger partial charge in [-0.1, -0.05) is 19.1 Å². The first kappa shape index (κ1) is 23.2. The van der Waals surface area contributed by atoms with Gasteiger partial charge < -0.3 is 25.0 Å². The summed E-state index contributed by atoms with van der Waals surface area (Å²) in [5, 5.41) is 43.8. The molecule has 2 saturated carbocycles. The summed E-state index contributed by atoms with van der Waals surface area (Å²) in [5.41, 5.74) is 1.24.